The Kier molecular flexibility index (Phi) is 5.70. The molecule has 0 radical (unpaired) electrons. The van der Waals surface area contributed by atoms with Crippen LogP contribution in [0.15, 0.2) is 12.1 Å². The van der Waals surface area contributed by atoms with Crippen molar-refractivity contribution < 1.29 is 4.92 Å². The first-order valence-electron chi connectivity index (χ1n) is 5.57. The van der Waals surface area contributed by atoms with Crippen LogP contribution in [-0.2, 0) is 6.42 Å². The summed E-state index contributed by atoms with van der Waals surface area (Å²) in [4.78, 5) is 10.5. The van der Waals surface area contributed by atoms with E-state index in [4.69, 9.17) is 34.8 Å². The molecule has 0 amide bonds. The number of hydrogen-bond acceptors (Lipinski definition) is 2. The van der Waals surface area contributed by atoms with Crippen LogP contribution < -0.4 is 0 Å². The fraction of sp³-hybridized carbons (Fsp3) is 0.500. The van der Waals surface area contributed by atoms with Crippen LogP contribution >= 0.6 is 34.8 Å². The second kappa shape index (κ2) is 6.60. The zero-order valence-electron chi connectivity index (χ0n) is 10.1. The van der Waals surface area contributed by atoms with E-state index < -0.39 is 4.92 Å². The molecule has 1 unspecified atom stereocenters. The van der Waals surface area contributed by atoms with Crippen molar-refractivity contribution >= 4 is 40.5 Å². The first kappa shape index (κ1) is 15.5. The van der Waals surface area contributed by atoms with Crippen molar-refractivity contribution in [2.75, 3.05) is 0 Å². The zero-order valence-corrected chi connectivity index (χ0v) is 12.4. The van der Waals surface area contributed by atoms with Gasteiger partial charge in [-0.15, -0.1) is 11.6 Å². The van der Waals surface area contributed by atoms with Crippen molar-refractivity contribution in [2.24, 2.45) is 5.92 Å². The highest BCUT2D eigenvalue weighted by atomic mass is 35.5. The van der Waals surface area contributed by atoms with Crippen molar-refractivity contribution in [3.8, 4) is 0 Å². The van der Waals surface area contributed by atoms with Crippen LogP contribution in [0, 0.1) is 16.0 Å². The minimum Gasteiger partial charge on any atom is -0.258 e. The molecule has 0 heterocycles. The van der Waals surface area contributed by atoms with Gasteiger partial charge in [-0.3, -0.25) is 10.1 Å². The van der Waals surface area contributed by atoms with Crippen LogP contribution in [0.4, 0.5) is 5.69 Å². The van der Waals surface area contributed by atoms with E-state index in [0.717, 1.165) is 6.42 Å². The summed E-state index contributed by atoms with van der Waals surface area (Å²) in [6.07, 6.45) is 1.20. The number of alkyl halides is 1. The monoisotopic (exact) mass is 309 g/mol. The van der Waals surface area contributed by atoms with Crippen LogP contribution in [0.2, 0.25) is 10.0 Å². The molecule has 0 aliphatic rings. The number of nitro groups is 1. The van der Waals surface area contributed by atoms with E-state index in [1.165, 1.54) is 12.1 Å². The topological polar surface area (TPSA) is 43.1 Å². The Hall–Kier alpha value is -0.510. The number of hydrogen-bond donors (Lipinski definition) is 0. The van der Waals surface area contributed by atoms with Crippen molar-refractivity contribution in [3.05, 3.63) is 37.9 Å². The Balaban J connectivity index is 3.00. The first-order valence-corrected chi connectivity index (χ1v) is 6.77. The van der Waals surface area contributed by atoms with E-state index >= 15 is 0 Å². The van der Waals surface area contributed by atoms with Gasteiger partial charge in [-0.1, -0.05) is 37.0 Å². The summed E-state index contributed by atoms with van der Waals surface area (Å²) in [5, 5.41) is 11.3. The number of benzene rings is 1. The predicted octanol–water partition coefficient (Wildman–Crippen LogP) is 5.10. The highest BCUT2D eigenvalue weighted by Gasteiger charge is 2.20. The highest BCUT2D eigenvalue weighted by Crippen LogP contribution is 2.32. The molecule has 100 valence electrons. The van der Waals surface area contributed by atoms with Crippen molar-refractivity contribution in [1.29, 1.82) is 0 Å². The van der Waals surface area contributed by atoms with E-state index in [2.05, 4.69) is 13.8 Å². The standard InChI is InChI=1S/C12H14Cl3NO2/c1-7(2)3-9(13)4-8-5-10(14)11(15)6-12(8)16(17)18/h5-7,9H,3-4H2,1-2H3. The average molecular weight is 311 g/mol. The second-order valence-corrected chi connectivity index (χ2v) is 6.01. The third-order valence-corrected chi connectivity index (χ3v) is 3.54. The van der Waals surface area contributed by atoms with Gasteiger partial charge in [0.2, 0.25) is 0 Å². The second-order valence-electron chi connectivity index (χ2n) is 4.58. The fourth-order valence-electron chi connectivity index (χ4n) is 1.74. The third-order valence-electron chi connectivity index (χ3n) is 2.49. The van der Waals surface area contributed by atoms with Crippen LogP contribution in [0.5, 0.6) is 0 Å². The first-order chi connectivity index (χ1) is 8.31. The lowest BCUT2D eigenvalue weighted by Crippen LogP contribution is -2.09. The fourth-order valence-corrected chi connectivity index (χ4v) is 2.61. The molecule has 0 fully saturated rings. The Morgan fingerprint density at radius 2 is 1.83 bits per heavy atom. The molecule has 1 atom stereocenters. The van der Waals surface area contributed by atoms with E-state index in [1.54, 1.807) is 0 Å². The van der Waals surface area contributed by atoms with Crippen LogP contribution in [0.1, 0.15) is 25.8 Å². The van der Waals surface area contributed by atoms with Gasteiger partial charge in [0, 0.05) is 17.0 Å². The van der Waals surface area contributed by atoms with Gasteiger partial charge in [-0.2, -0.15) is 0 Å². The SMILES string of the molecule is CC(C)CC(Cl)Cc1cc(Cl)c(Cl)cc1[N+](=O)[O-]. The lowest BCUT2D eigenvalue weighted by Gasteiger charge is -2.12. The number of rotatable bonds is 5. The molecule has 1 aromatic carbocycles. The molecule has 1 rings (SSSR count). The predicted molar refractivity (Wildman–Crippen MR) is 75.9 cm³/mol. The van der Waals surface area contributed by atoms with Gasteiger partial charge in [-0.05, 0) is 24.8 Å². The molecule has 3 nitrogen and oxygen atoms in total. The molecule has 0 N–H and O–H groups in total. The minimum atomic E-state index is -0.462. The van der Waals surface area contributed by atoms with Crippen LogP contribution in [0.25, 0.3) is 0 Å². The maximum atomic E-state index is 10.9. The molecule has 0 aromatic heterocycles. The van der Waals surface area contributed by atoms with Crippen LogP contribution in [-0.4, -0.2) is 10.3 Å². The molecule has 18 heavy (non-hydrogen) atoms. The quantitative estimate of drug-likeness (QED) is 0.431. The number of nitro benzene ring substituents is 1. The molecule has 0 aliphatic heterocycles. The average Bonchev–Trinajstić information content (AvgIpc) is 2.21. The minimum absolute atomic E-state index is 0.0289. The summed E-state index contributed by atoms with van der Waals surface area (Å²) in [5.41, 5.74) is 0.494. The van der Waals surface area contributed by atoms with Gasteiger partial charge in [-0.25, -0.2) is 0 Å². The lowest BCUT2D eigenvalue weighted by atomic mass is 10.0. The third kappa shape index (κ3) is 4.30. The summed E-state index contributed by atoms with van der Waals surface area (Å²) in [7, 11) is 0. The van der Waals surface area contributed by atoms with E-state index in [1.807, 2.05) is 0 Å². The Labute approximate surface area is 121 Å². The van der Waals surface area contributed by atoms with E-state index in [9.17, 15) is 10.1 Å². The Morgan fingerprint density at radius 1 is 1.28 bits per heavy atom. The maximum absolute atomic E-state index is 10.9. The lowest BCUT2D eigenvalue weighted by molar-refractivity contribution is -0.385. The van der Waals surface area contributed by atoms with Gasteiger partial charge < -0.3 is 0 Å². The Bertz CT molecular complexity index is 449. The van der Waals surface area contributed by atoms with Crippen molar-refractivity contribution in [3.63, 3.8) is 0 Å². The van der Waals surface area contributed by atoms with Crippen LogP contribution in [0.3, 0.4) is 0 Å². The van der Waals surface area contributed by atoms with Crippen molar-refractivity contribution in [2.45, 2.75) is 32.1 Å². The number of halogens is 3. The molecule has 0 saturated heterocycles. The summed E-state index contributed by atoms with van der Waals surface area (Å²) in [6, 6.07) is 2.80. The van der Waals surface area contributed by atoms with E-state index in [0.29, 0.717) is 22.9 Å². The molecule has 1 aromatic rings. The highest BCUT2D eigenvalue weighted by molar-refractivity contribution is 6.42. The number of nitrogens with zero attached hydrogens (tertiary/aromatic N) is 1. The smallest absolute Gasteiger partial charge is 0.258 e. The van der Waals surface area contributed by atoms with Gasteiger partial charge in [0.05, 0.1) is 15.0 Å². The van der Waals surface area contributed by atoms with Gasteiger partial charge in [0.25, 0.3) is 5.69 Å². The molecular formula is C12H14Cl3NO2. The summed E-state index contributed by atoms with van der Waals surface area (Å²) in [5.74, 6) is 0.439. The molecule has 0 bridgehead atoms. The molecule has 0 aliphatic carbocycles. The summed E-state index contributed by atoms with van der Waals surface area (Å²) < 4.78 is 0. The van der Waals surface area contributed by atoms with Gasteiger partial charge in [0.15, 0.2) is 0 Å². The molecule has 6 heteroatoms. The molecule has 0 saturated carbocycles. The molecular weight excluding hydrogens is 296 g/mol. The summed E-state index contributed by atoms with van der Waals surface area (Å²) >= 11 is 17.8. The van der Waals surface area contributed by atoms with Gasteiger partial charge >= 0.3 is 0 Å². The zero-order chi connectivity index (χ0) is 13.9. The van der Waals surface area contributed by atoms with E-state index in [-0.39, 0.29) is 16.1 Å². The summed E-state index contributed by atoms with van der Waals surface area (Å²) in [6.45, 7) is 4.11. The Morgan fingerprint density at radius 3 is 2.33 bits per heavy atom. The van der Waals surface area contributed by atoms with Crippen molar-refractivity contribution in [1.82, 2.24) is 0 Å². The largest absolute Gasteiger partial charge is 0.274 e. The van der Waals surface area contributed by atoms with Gasteiger partial charge in [0.1, 0.15) is 0 Å². The molecule has 0 spiro atoms. The maximum Gasteiger partial charge on any atom is 0.274 e. The normalized spacial score (nSPS) is 12.8.